The number of aliphatic imine (C=N–C) groups is 1. The highest BCUT2D eigenvalue weighted by atomic mass is 32.1. The number of piperidine rings is 1. The summed E-state index contributed by atoms with van der Waals surface area (Å²) < 4.78 is 11.5. The second kappa shape index (κ2) is 9.98. The summed E-state index contributed by atoms with van der Waals surface area (Å²) in [4.78, 5) is 8.40. The van der Waals surface area contributed by atoms with Crippen molar-refractivity contribution in [2.75, 3.05) is 45.2 Å². The normalized spacial score (nSPS) is 18.3. The Morgan fingerprint density at radius 3 is 2.76 bits per heavy atom. The molecule has 4 rings (SSSR count). The lowest BCUT2D eigenvalue weighted by Crippen LogP contribution is -2.40. The number of likely N-dealkylation sites (tertiary alicyclic amines) is 1. The first-order valence-electron chi connectivity index (χ1n) is 10.4. The van der Waals surface area contributed by atoms with Crippen LogP contribution in [0.1, 0.15) is 24.1 Å². The second-order valence-electron chi connectivity index (χ2n) is 7.59. The van der Waals surface area contributed by atoms with Gasteiger partial charge in [0.05, 0.1) is 13.2 Å². The maximum absolute atomic E-state index is 5.78. The lowest BCUT2D eigenvalue weighted by molar-refractivity contribution is 0.179. The van der Waals surface area contributed by atoms with Gasteiger partial charge in [-0.3, -0.25) is 9.89 Å². The molecule has 0 atom stereocenters. The molecule has 7 heteroatoms. The van der Waals surface area contributed by atoms with Gasteiger partial charge in [0.15, 0.2) is 17.5 Å². The highest BCUT2D eigenvalue weighted by Crippen LogP contribution is 2.32. The molecular formula is C22H30N4O2S. The van der Waals surface area contributed by atoms with Gasteiger partial charge in [0.1, 0.15) is 0 Å². The van der Waals surface area contributed by atoms with Crippen molar-refractivity contribution < 1.29 is 9.47 Å². The van der Waals surface area contributed by atoms with Gasteiger partial charge in [0.25, 0.3) is 0 Å². The molecule has 1 saturated heterocycles. The summed E-state index contributed by atoms with van der Waals surface area (Å²) >= 11 is 1.85. The van der Waals surface area contributed by atoms with E-state index in [4.69, 9.17) is 9.47 Å². The van der Waals surface area contributed by atoms with E-state index < -0.39 is 0 Å². The van der Waals surface area contributed by atoms with Gasteiger partial charge in [-0.05, 0) is 55.4 Å². The van der Waals surface area contributed by atoms with Crippen LogP contribution in [-0.4, -0.2) is 50.8 Å². The number of nitrogens with one attached hydrogen (secondary N) is 2. The van der Waals surface area contributed by atoms with Crippen molar-refractivity contribution in [1.82, 2.24) is 10.2 Å². The molecule has 2 aromatic rings. The molecule has 0 amide bonds. The molecule has 0 bridgehead atoms. The van der Waals surface area contributed by atoms with Crippen LogP contribution in [-0.2, 0) is 6.54 Å². The van der Waals surface area contributed by atoms with Gasteiger partial charge >= 0.3 is 0 Å². The molecule has 3 heterocycles. The molecule has 2 N–H and O–H groups in total. The smallest absolute Gasteiger partial charge is 0.195 e. The summed E-state index contributed by atoms with van der Waals surface area (Å²) in [5.74, 6) is 3.07. The third-order valence-corrected chi connectivity index (χ3v) is 6.32. The lowest BCUT2D eigenvalue weighted by atomic mass is 9.97. The fraction of sp³-hybridized carbons (Fsp3) is 0.500. The fourth-order valence-corrected chi connectivity index (χ4v) is 4.52. The minimum absolute atomic E-state index is 0.678. The molecule has 0 spiro atoms. The Bertz CT molecular complexity index is 801. The Hall–Kier alpha value is -2.25. The van der Waals surface area contributed by atoms with Crippen LogP contribution in [0, 0.1) is 5.92 Å². The zero-order chi connectivity index (χ0) is 19.9. The van der Waals surface area contributed by atoms with E-state index in [0.29, 0.717) is 19.1 Å². The van der Waals surface area contributed by atoms with E-state index in [1.165, 1.54) is 30.8 Å². The van der Waals surface area contributed by atoms with Crippen molar-refractivity contribution in [3.05, 3.63) is 40.6 Å². The van der Waals surface area contributed by atoms with Crippen molar-refractivity contribution >= 4 is 23.0 Å². The van der Waals surface area contributed by atoms with E-state index in [-0.39, 0.29) is 0 Å². The largest absolute Gasteiger partial charge is 0.490 e. The predicted molar refractivity (Wildman–Crippen MR) is 119 cm³/mol. The Morgan fingerprint density at radius 1 is 1.17 bits per heavy atom. The number of ether oxygens (including phenoxy) is 2. The van der Waals surface area contributed by atoms with Crippen LogP contribution in [0.5, 0.6) is 11.5 Å². The minimum Gasteiger partial charge on any atom is -0.490 e. The molecule has 0 radical (unpaired) electrons. The molecular weight excluding hydrogens is 384 g/mol. The van der Waals surface area contributed by atoms with Crippen LogP contribution < -0.4 is 20.1 Å². The SMILES string of the molecule is CN=C(NCC1CCN(Cc2cccs2)CC1)Nc1ccc2c(c1)OCCCO2. The predicted octanol–water partition coefficient (Wildman–Crippen LogP) is 3.81. The van der Waals surface area contributed by atoms with E-state index in [0.717, 1.165) is 42.7 Å². The zero-order valence-electron chi connectivity index (χ0n) is 17.0. The molecule has 0 saturated carbocycles. The van der Waals surface area contributed by atoms with Crippen LogP contribution in [0.2, 0.25) is 0 Å². The maximum Gasteiger partial charge on any atom is 0.195 e. The molecule has 2 aliphatic heterocycles. The highest BCUT2D eigenvalue weighted by Gasteiger charge is 2.20. The van der Waals surface area contributed by atoms with Crippen LogP contribution in [0.25, 0.3) is 0 Å². The van der Waals surface area contributed by atoms with Crippen molar-refractivity contribution in [2.45, 2.75) is 25.8 Å². The molecule has 6 nitrogen and oxygen atoms in total. The first-order valence-corrected chi connectivity index (χ1v) is 11.3. The maximum atomic E-state index is 5.78. The topological polar surface area (TPSA) is 58.1 Å². The number of hydrogen-bond donors (Lipinski definition) is 2. The first-order chi connectivity index (χ1) is 14.3. The van der Waals surface area contributed by atoms with Crippen molar-refractivity contribution in [3.63, 3.8) is 0 Å². The van der Waals surface area contributed by atoms with Crippen LogP contribution in [0.15, 0.2) is 40.7 Å². The third-order valence-electron chi connectivity index (χ3n) is 5.46. The third kappa shape index (κ3) is 5.64. The summed E-state index contributed by atoms with van der Waals surface area (Å²) in [5.41, 5.74) is 0.952. The van der Waals surface area contributed by atoms with E-state index >= 15 is 0 Å². The van der Waals surface area contributed by atoms with E-state index in [2.05, 4.69) is 38.0 Å². The average Bonchev–Trinajstić information content (AvgIpc) is 3.15. The van der Waals surface area contributed by atoms with Gasteiger partial charge in [0, 0.05) is 43.2 Å². The molecule has 2 aliphatic rings. The Morgan fingerprint density at radius 2 is 2.00 bits per heavy atom. The fourth-order valence-electron chi connectivity index (χ4n) is 3.77. The van der Waals surface area contributed by atoms with E-state index in [1.807, 2.05) is 36.6 Å². The number of rotatable bonds is 5. The summed E-state index contributed by atoms with van der Waals surface area (Å²) in [6, 6.07) is 10.3. The Kier molecular flexibility index (Phi) is 6.90. The number of hydrogen-bond acceptors (Lipinski definition) is 5. The van der Waals surface area contributed by atoms with Gasteiger partial charge in [-0.25, -0.2) is 0 Å². The van der Waals surface area contributed by atoms with Crippen molar-refractivity contribution in [1.29, 1.82) is 0 Å². The van der Waals surface area contributed by atoms with Gasteiger partial charge in [-0.1, -0.05) is 6.07 Å². The second-order valence-corrected chi connectivity index (χ2v) is 8.62. The molecule has 0 aliphatic carbocycles. The lowest BCUT2D eigenvalue weighted by Gasteiger charge is -2.32. The van der Waals surface area contributed by atoms with Crippen LogP contribution in [0.4, 0.5) is 5.69 Å². The number of guanidine groups is 1. The summed E-state index contributed by atoms with van der Waals surface area (Å²) in [5, 5.41) is 9.02. The average molecular weight is 415 g/mol. The molecule has 29 heavy (non-hydrogen) atoms. The monoisotopic (exact) mass is 414 g/mol. The minimum atomic E-state index is 0.678. The van der Waals surface area contributed by atoms with Crippen LogP contribution in [0.3, 0.4) is 0 Å². The van der Waals surface area contributed by atoms with Gasteiger partial charge in [-0.2, -0.15) is 0 Å². The Balaban J connectivity index is 1.23. The summed E-state index contributed by atoms with van der Waals surface area (Å²) in [6.45, 7) is 5.75. The van der Waals surface area contributed by atoms with Crippen molar-refractivity contribution in [2.24, 2.45) is 10.9 Å². The molecule has 0 unspecified atom stereocenters. The van der Waals surface area contributed by atoms with Crippen molar-refractivity contribution in [3.8, 4) is 11.5 Å². The standard InChI is InChI=1S/C22H30N4O2S/c1-23-22(25-18-5-6-20-21(14-18)28-12-3-11-27-20)24-15-17-7-9-26(10-8-17)16-19-4-2-13-29-19/h2,4-6,13-14,17H,3,7-12,15-16H2,1H3,(H2,23,24,25). The number of anilines is 1. The summed E-state index contributed by atoms with van der Waals surface area (Å²) in [6.07, 6.45) is 3.35. The first kappa shape index (κ1) is 20.0. The van der Waals surface area contributed by atoms with Gasteiger partial charge in [0.2, 0.25) is 0 Å². The number of nitrogens with zero attached hydrogens (tertiary/aromatic N) is 2. The quantitative estimate of drug-likeness (QED) is 0.576. The number of thiophene rings is 1. The molecule has 1 aromatic heterocycles. The van der Waals surface area contributed by atoms with Gasteiger partial charge in [-0.15, -0.1) is 11.3 Å². The molecule has 1 aromatic carbocycles. The number of fused-ring (bicyclic) bond motifs is 1. The number of benzene rings is 1. The molecule has 156 valence electrons. The molecule has 1 fully saturated rings. The van der Waals surface area contributed by atoms with E-state index in [9.17, 15) is 0 Å². The van der Waals surface area contributed by atoms with Crippen LogP contribution >= 0.6 is 11.3 Å². The Labute approximate surface area is 176 Å². The highest BCUT2D eigenvalue weighted by molar-refractivity contribution is 7.09. The van der Waals surface area contributed by atoms with Gasteiger partial charge < -0.3 is 20.1 Å². The zero-order valence-corrected chi connectivity index (χ0v) is 17.8. The summed E-state index contributed by atoms with van der Waals surface area (Å²) in [7, 11) is 1.81. The van der Waals surface area contributed by atoms with E-state index in [1.54, 1.807) is 0 Å².